The molecule has 1 rings (SSSR count). The van der Waals surface area contributed by atoms with Gasteiger partial charge in [0.15, 0.2) is 5.75 Å². The minimum atomic E-state index is -3.46. The second kappa shape index (κ2) is 3.98. The lowest BCUT2D eigenvalue weighted by Gasteiger charge is -2.04. The largest absolute Gasteiger partial charge is 0.381 e. The van der Waals surface area contributed by atoms with Crippen molar-refractivity contribution in [2.45, 2.75) is 0 Å². The minimum absolute atomic E-state index is 0.283. The Hall–Kier alpha value is -0.0700. The van der Waals surface area contributed by atoms with Crippen molar-refractivity contribution in [2.24, 2.45) is 0 Å². The maximum absolute atomic E-state index is 10.8. The van der Waals surface area contributed by atoms with Crippen molar-refractivity contribution in [1.29, 1.82) is 0 Å². The zero-order valence-electron chi connectivity index (χ0n) is 6.62. The van der Waals surface area contributed by atoms with Crippen molar-refractivity contribution in [2.75, 3.05) is 6.26 Å². The van der Waals surface area contributed by atoms with E-state index >= 15 is 0 Å². The van der Waals surface area contributed by atoms with Crippen LogP contribution in [0.15, 0.2) is 27.1 Å². The number of rotatable bonds is 2. The van der Waals surface area contributed by atoms with Gasteiger partial charge in [0.2, 0.25) is 0 Å². The third-order valence-corrected chi connectivity index (χ3v) is 2.73. The van der Waals surface area contributed by atoms with Crippen molar-refractivity contribution in [3.05, 3.63) is 27.1 Å². The first-order valence-corrected chi connectivity index (χ1v) is 6.63. The van der Waals surface area contributed by atoms with E-state index in [-0.39, 0.29) is 5.75 Å². The smallest absolute Gasteiger partial charge is 0.306 e. The first kappa shape index (κ1) is 11.0. The molecule has 0 N–H and O–H groups in total. The standard InChI is InChI=1S/C7H6Br2O3S/c1-13(10,11)12-7-3-2-5(8)4-6(7)9/h2-4H,1H3. The lowest BCUT2D eigenvalue weighted by molar-refractivity contribution is 0.491. The highest BCUT2D eigenvalue weighted by Gasteiger charge is 2.07. The van der Waals surface area contributed by atoms with Crippen LogP contribution in [-0.4, -0.2) is 14.7 Å². The van der Waals surface area contributed by atoms with Crippen LogP contribution in [0.3, 0.4) is 0 Å². The molecule has 0 aliphatic carbocycles. The molecule has 0 aromatic heterocycles. The maximum Gasteiger partial charge on any atom is 0.306 e. The SMILES string of the molecule is CS(=O)(=O)Oc1ccc(Br)cc1Br. The van der Waals surface area contributed by atoms with Crippen LogP contribution in [0.1, 0.15) is 0 Å². The van der Waals surface area contributed by atoms with Crippen LogP contribution in [-0.2, 0) is 10.1 Å². The number of hydrogen-bond acceptors (Lipinski definition) is 3. The molecule has 13 heavy (non-hydrogen) atoms. The van der Waals surface area contributed by atoms with Crippen LogP contribution in [0.5, 0.6) is 5.75 Å². The third-order valence-electron chi connectivity index (χ3n) is 1.14. The second-order valence-corrected chi connectivity index (χ2v) is 5.71. The van der Waals surface area contributed by atoms with E-state index in [4.69, 9.17) is 4.18 Å². The van der Waals surface area contributed by atoms with Gasteiger partial charge in [-0.05, 0) is 34.1 Å². The fourth-order valence-electron chi connectivity index (χ4n) is 0.706. The van der Waals surface area contributed by atoms with E-state index in [2.05, 4.69) is 31.9 Å². The highest BCUT2D eigenvalue weighted by atomic mass is 79.9. The summed E-state index contributed by atoms with van der Waals surface area (Å²) in [6, 6.07) is 4.97. The van der Waals surface area contributed by atoms with Crippen LogP contribution in [0.4, 0.5) is 0 Å². The maximum atomic E-state index is 10.8. The molecule has 0 saturated carbocycles. The molecule has 0 unspecified atom stereocenters. The van der Waals surface area contributed by atoms with Crippen LogP contribution in [0.2, 0.25) is 0 Å². The predicted octanol–water partition coefficient (Wildman–Crippen LogP) is 2.55. The van der Waals surface area contributed by atoms with E-state index < -0.39 is 10.1 Å². The molecule has 0 heterocycles. The van der Waals surface area contributed by atoms with Crippen LogP contribution in [0, 0.1) is 0 Å². The average Bonchev–Trinajstić information content (AvgIpc) is 1.93. The second-order valence-electron chi connectivity index (χ2n) is 2.36. The molecule has 0 atom stereocenters. The van der Waals surface area contributed by atoms with Gasteiger partial charge in [-0.3, -0.25) is 0 Å². The summed E-state index contributed by atoms with van der Waals surface area (Å²) < 4.78 is 27.7. The summed E-state index contributed by atoms with van der Waals surface area (Å²) in [4.78, 5) is 0. The highest BCUT2D eigenvalue weighted by molar-refractivity contribution is 9.11. The summed E-state index contributed by atoms with van der Waals surface area (Å²) >= 11 is 6.42. The molecule has 0 fully saturated rings. The van der Waals surface area contributed by atoms with E-state index in [0.29, 0.717) is 4.47 Å². The third kappa shape index (κ3) is 3.66. The fourth-order valence-corrected chi connectivity index (χ4v) is 2.41. The summed E-state index contributed by atoms with van der Waals surface area (Å²) in [5.41, 5.74) is 0. The fraction of sp³-hybridized carbons (Fsp3) is 0.143. The summed E-state index contributed by atoms with van der Waals surface area (Å²) in [6.45, 7) is 0. The topological polar surface area (TPSA) is 43.4 Å². The van der Waals surface area contributed by atoms with E-state index in [1.807, 2.05) is 0 Å². The Balaban J connectivity index is 3.04. The summed E-state index contributed by atoms with van der Waals surface area (Å²) in [6.07, 6.45) is 1.00. The molecule has 0 saturated heterocycles. The zero-order chi connectivity index (χ0) is 10.1. The van der Waals surface area contributed by atoms with Crippen LogP contribution in [0.25, 0.3) is 0 Å². The molecule has 72 valence electrons. The average molecular weight is 330 g/mol. The van der Waals surface area contributed by atoms with Crippen molar-refractivity contribution < 1.29 is 12.6 Å². The van der Waals surface area contributed by atoms with Gasteiger partial charge in [-0.15, -0.1) is 0 Å². The molecule has 0 aliphatic rings. The monoisotopic (exact) mass is 328 g/mol. The molecular weight excluding hydrogens is 324 g/mol. The van der Waals surface area contributed by atoms with Gasteiger partial charge in [0.05, 0.1) is 10.7 Å². The van der Waals surface area contributed by atoms with Gasteiger partial charge in [0.1, 0.15) is 0 Å². The predicted molar refractivity (Wildman–Crippen MR) is 57.3 cm³/mol. The molecule has 0 amide bonds. The van der Waals surface area contributed by atoms with Gasteiger partial charge < -0.3 is 4.18 Å². The normalized spacial score (nSPS) is 11.3. The Bertz CT molecular complexity index is 414. The van der Waals surface area contributed by atoms with E-state index in [1.165, 1.54) is 0 Å². The minimum Gasteiger partial charge on any atom is -0.381 e. The van der Waals surface area contributed by atoms with Gasteiger partial charge in [0.25, 0.3) is 0 Å². The van der Waals surface area contributed by atoms with Crippen LogP contribution < -0.4 is 4.18 Å². The summed E-state index contributed by atoms with van der Waals surface area (Å²) in [5, 5.41) is 0. The molecule has 6 heteroatoms. The van der Waals surface area contributed by atoms with Crippen molar-refractivity contribution in [3.63, 3.8) is 0 Å². The molecule has 1 aromatic carbocycles. The Morgan fingerprint density at radius 2 is 1.92 bits per heavy atom. The quantitative estimate of drug-likeness (QED) is 0.783. The highest BCUT2D eigenvalue weighted by Crippen LogP contribution is 2.28. The first-order valence-electron chi connectivity index (χ1n) is 3.23. The Morgan fingerprint density at radius 1 is 1.31 bits per heavy atom. The summed E-state index contributed by atoms with van der Waals surface area (Å²) in [5.74, 6) is 0.283. The van der Waals surface area contributed by atoms with Crippen molar-refractivity contribution in [1.82, 2.24) is 0 Å². The lowest BCUT2D eigenvalue weighted by atomic mass is 10.3. The lowest BCUT2D eigenvalue weighted by Crippen LogP contribution is -2.05. The van der Waals surface area contributed by atoms with Crippen LogP contribution >= 0.6 is 31.9 Å². The molecule has 0 spiro atoms. The molecule has 0 radical (unpaired) electrons. The van der Waals surface area contributed by atoms with Gasteiger partial charge in [0, 0.05) is 4.47 Å². The van der Waals surface area contributed by atoms with Gasteiger partial charge in [-0.1, -0.05) is 15.9 Å². The molecule has 0 bridgehead atoms. The van der Waals surface area contributed by atoms with E-state index in [1.54, 1.807) is 18.2 Å². The Kier molecular flexibility index (Phi) is 3.37. The Labute approximate surface area is 93.5 Å². The first-order chi connectivity index (χ1) is 5.88. The van der Waals surface area contributed by atoms with Gasteiger partial charge in [-0.2, -0.15) is 8.42 Å². The molecule has 1 aromatic rings. The van der Waals surface area contributed by atoms with Gasteiger partial charge in [-0.25, -0.2) is 0 Å². The molecule has 0 aliphatic heterocycles. The summed E-state index contributed by atoms with van der Waals surface area (Å²) in [7, 11) is -3.46. The van der Waals surface area contributed by atoms with Gasteiger partial charge >= 0.3 is 10.1 Å². The number of hydrogen-bond donors (Lipinski definition) is 0. The van der Waals surface area contributed by atoms with Crippen molar-refractivity contribution in [3.8, 4) is 5.75 Å². The number of halogens is 2. The molecular formula is C7H6Br2O3S. The zero-order valence-corrected chi connectivity index (χ0v) is 10.6. The Morgan fingerprint density at radius 3 is 2.38 bits per heavy atom. The van der Waals surface area contributed by atoms with E-state index in [9.17, 15) is 8.42 Å². The molecule has 3 nitrogen and oxygen atoms in total. The van der Waals surface area contributed by atoms with Crippen molar-refractivity contribution >= 4 is 42.0 Å². The number of benzene rings is 1. The van der Waals surface area contributed by atoms with E-state index in [0.717, 1.165) is 10.7 Å².